The van der Waals surface area contributed by atoms with Gasteiger partial charge >= 0.3 is 0 Å². The summed E-state index contributed by atoms with van der Waals surface area (Å²) in [5.41, 5.74) is 2.62. The van der Waals surface area contributed by atoms with Gasteiger partial charge in [0.2, 0.25) is 5.91 Å². The Morgan fingerprint density at radius 2 is 1.97 bits per heavy atom. The lowest BCUT2D eigenvalue weighted by molar-refractivity contribution is -0.130. The highest BCUT2D eigenvalue weighted by Crippen LogP contribution is 2.35. The number of carbonyl (C=O) groups excluding carboxylic acids is 1. The molecule has 1 atom stereocenters. The summed E-state index contributed by atoms with van der Waals surface area (Å²) in [5, 5.41) is 10.0. The molecule has 0 aliphatic carbocycles. The number of ether oxygens (including phenoxy) is 1. The van der Waals surface area contributed by atoms with E-state index >= 15 is 0 Å². The summed E-state index contributed by atoms with van der Waals surface area (Å²) < 4.78 is 7.60. The fraction of sp³-hybridized carbons (Fsp3) is 0.391. The first-order chi connectivity index (χ1) is 14.1. The van der Waals surface area contributed by atoms with E-state index in [1.165, 1.54) is 4.88 Å². The average Bonchev–Trinajstić information content (AvgIpc) is 3.39. The third-order valence-electron chi connectivity index (χ3n) is 5.77. The topological polar surface area (TPSA) is 56.2 Å². The van der Waals surface area contributed by atoms with Crippen molar-refractivity contribution in [1.29, 1.82) is 0 Å². The minimum absolute atomic E-state index is 0.0136. The number of hydrogen-bond acceptors (Lipinski definition) is 4. The second-order valence-corrected chi connectivity index (χ2v) is 8.65. The molecule has 0 radical (unpaired) electrons. The van der Waals surface area contributed by atoms with Crippen LogP contribution in [-0.4, -0.2) is 35.4 Å². The molecule has 4 rings (SSSR count). The number of amides is 1. The van der Waals surface area contributed by atoms with Gasteiger partial charge in [0.25, 0.3) is 0 Å². The monoisotopic (exact) mass is 409 g/mol. The summed E-state index contributed by atoms with van der Waals surface area (Å²) in [6.45, 7) is 5.78. The molecule has 2 aromatic heterocycles. The van der Waals surface area contributed by atoms with Crippen molar-refractivity contribution in [3.05, 3.63) is 75.7 Å². The molecule has 1 unspecified atom stereocenters. The summed E-state index contributed by atoms with van der Waals surface area (Å²) in [6, 6.07) is 16.3. The van der Waals surface area contributed by atoms with Gasteiger partial charge < -0.3 is 10.1 Å². The largest absolute Gasteiger partial charge is 0.381 e. The van der Waals surface area contributed by atoms with Crippen LogP contribution in [0.1, 0.15) is 40.7 Å². The maximum atomic E-state index is 13.5. The first-order valence-corrected chi connectivity index (χ1v) is 11.0. The predicted molar refractivity (Wildman–Crippen MR) is 115 cm³/mol. The molecule has 6 heteroatoms. The fourth-order valence-corrected chi connectivity index (χ4v) is 5.04. The zero-order valence-electron chi connectivity index (χ0n) is 16.9. The summed E-state index contributed by atoms with van der Waals surface area (Å²) in [7, 11) is 0. The lowest BCUT2D eigenvalue weighted by Crippen LogP contribution is -2.49. The van der Waals surface area contributed by atoms with Gasteiger partial charge in [-0.1, -0.05) is 36.4 Å². The van der Waals surface area contributed by atoms with E-state index in [9.17, 15) is 4.79 Å². The summed E-state index contributed by atoms with van der Waals surface area (Å²) in [6.07, 6.45) is 1.40. The Kier molecular flexibility index (Phi) is 5.83. The maximum absolute atomic E-state index is 13.5. The molecule has 0 saturated carbocycles. The van der Waals surface area contributed by atoms with Gasteiger partial charge in [-0.15, -0.1) is 11.3 Å². The highest BCUT2D eigenvalue weighted by atomic mass is 32.1. The number of aromatic nitrogens is 2. The lowest BCUT2D eigenvalue weighted by atomic mass is 9.73. The van der Waals surface area contributed by atoms with E-state index in [2.05, 4.69) is 47.0 Å². The van der Waals surface area contributed by atoms with Crippen molar-refractivity contribution in [3.63, 3.8) is 0 Å². The van der Waals surface area contributed by atoms with Crippen LogP contribution in [0.15, 0.2) is 53.9 Å². The summed E-state index contributed by atoms with van der Waals surface area (Å²) >= 11 is 1.69. The Bertz CT molecular complexity index is 944. The first kappa shape index (κ1) is 19.9. The number of nitrogens with one attached hydrogen (secondary N) is 1. The Hall–Kier alpha value is -2.44. The Morgan fingerprint density at radius 3 is 2.59 bits per heavy atom. The number of carbonyl (C=O) groups is 1. The van der Waals surface area contributed by atoms with Crippen LogP contribution in [-0.2, 0) is 14.9 Å². The van der Waals surface area contributed by atoms with Crippen LogP contribution in [0.4, 0.5) is 0 Å². The molecule has 0 spiro atoms. The smallest absolute Gasteiger partial charge is 0.230 e. The number of benzene rings is 1. The van der Waals surface area contributed by atoms with Gasteiger partial charge in [-0.05, 0) is 49.8 Å². The normalized spacial score (nSPS) is 17.0. The minimum Gasteiger partial charge on any atom is -0.381 e. The SMILES string of the molecule is Cc1cc(C)n(C(CNC(=O)C2(c3ccccc3)CCOCC2)c2cccs2)n1. The second kappa shape index (κ2) is 8.51. The number of aryl methyl sites for hydroxylation is 2. The lowest BCUT2D eigenvalue weighted by Gasteiger charge is -2.36. The molecule has 1 aliphatic rings. The van der Waals surface area contributed by atoms with Crippen molar-refractivity contribution in [2.75, 3.05) is 19.8 Å². The molecule has 1 amide bonds. The van der Waals surface area contributed by atoms with Crippen molar-refractivity contribution in [3.8, 4) is 0 Å². The summed E-state index contributed by atoms with van der Waals surface area (Å²) in [4.78, 5) is 14.7. The van der Waals surface area contributed by atoms with Crippen LogP contribution in [0.2, 0.25) is 0 Å². The number of hydrogen-bond donors (Lipinski definition) is 1. The van der Waals surface area contributed by atoms with Gasteiger partial charge in [-0.25, -0.2) is 0 Å². The van der Waals surface area contributed by atoms with Crippen molar-refractivity contribution >= 4 is 17.2 Å². The number of nitrogens with zero attached hydrogens (tertiary/aromatic N) is 2. The van der Waals surface area contributed by atoms with E-state index in [1.54, 1.807) is 11.3 Å². The van der Waals surface area contributed by atoms with Gasteiger partial charge in [-0.2, -0.15) is 5.10 Å². The number of rotatable bonds is 6. The molecule has 152 valence electrons. The predicted octanol–water partition coefficient (Wildman–Crippen LogP) is 4.02. The average molecular weight is 410 g/mol. The molecule has 1 N–H and O–H groups in total. The Labute approximate surface area is 175 Å². The molecular formula is C23H27N3O2S. The highest BCUT2D eigenvalue weighted by Gasteiger charge is 2.41. The van der Waals surface area contributed by atoms with Crippen LogP contribution in [0, 0.1) is 13.8 Å². The molecule has 29 heavy (non-hydrogen) atoms. The zero-order chi connectivity index (χ0) is 20.3. The van der Waals surface area contributed by atoms with Gasteiger partial charge in [0.1, 0.15) is 6.04 Å². The van der Waals surface area contributed by atoms with Gasteiger partial charge in [-0.3, -0.25) is 9.48 Å². The molecule has 1 aromatic carbocycles. The third kappa shape index (κ3) is 4.00. The molecule has 1 aliphatic heterocycles. The maximum Gasteiger partial charge on any atom is 0.230 e. The third-order valence-corrected chi connectivity index (χ3v) is 6.75. The molecule has 1 saturated heterocycles. The minimum atomic E-state index is -0.533. The van der Waals surface area contributed by atoms with Crippen LogP contribution in [0.5, 0.6) is 0 Å². The first-order valence-electron chi connectivity index (χ1n) is 10.1. The number of thiophene rings is 1. The Morgan fingerprint density at radius 1 is 1.21 bits per heavy atom. The quantitative estimate of drug-likeness (QED) is 0.669. The van der Waals surface area contributed by atoms with Crippen LogP contribution < -0.4 is 5.32 Å². The van der Waals surface area contributed by atoms with Gasteiger partial charge in [0.15, 0.2) is 0 Å². The summed E-state index contributed by atoms with van der Waals surface area (Å²) in [5.74, 6) is 0.0788. The van der Waals surface area contributed by atoms with E-state index in [1.807, 2.05) is 35.9 Å². The van der Waals surface area contributed by atoms with Gasteiger partial charge in [0.05, 0.1) is 11.1 Å². The van der Waals surface area contributed by atoms with Crippen LogP contribution in [0.3, 0.4) is 0 Å². The van der Waals surface area contributed by atoms with E-state index in [4.69, 9.17) is 4.74 Å². The van der Waals surface area contributed by atoms with E-state index in [0.717, 1.165) is 17.0 Å². The fourth-order valence-electron chi connectivity index (χ4n) is 4.23. The molecule has 3 aromatic rings. The van der Waals surface area contributed by atoms with E-state index < -0.39 is 5.41 Å². The van der Waals surface area contributed by atoms with Crippen LogP contribution >= 0.6 is 11.3 Å². The second-order valence-electron chi connectivity index (χ2n) is 7.67. The van der Waals surface area contributed by atoms with Crippen molar-refractivity contribution in [1.82, 2.24) is 15.1 Å². The van der Waals surface area contributed by atoms with Crippen molar-refractivity contribution in [2.24, 2.45) is 0 Å². The zero-order valence-corrected chi connectivity index (χ0v) is 17.7. The highest BCUT2D eigenvalue weighted by molar-refractivity contribution is 7.10. The van der Waals surface area contributed by atoms with E-state index in [-0.39, 0.29) is 11.9 Å². The molecular weight excluding hydrogens is 382 g/mol. The van der Waals surface area contributed by atoms with E-state index in [0.29, 0.717) is 32.6 Å². The van der Waals surface area contributed by atoms with Crippen molar-refractivity contribution in [2.45, 2.75) is 38.1 Å². The standard InChI is InChI=1S/C23H27N3O2S/c1-17-15-18(2)26(25-17)20(21-9-6-14-29-21)16-24-22(27)23(10-12-28-13-11-23)19-7-4-3-5-8-19/h3-9,14-15,20H,10-13,16H2,1-2H3,(H,24,27). The molecule has 0 bridgehead atoms. The molecule has 3 heterocycles. The van der Waals surface area contributed by atoms with Gasteiger partial charge in [0, 0.05) is 30.3 Å². The molecule has 5 nitrogen and oxygen atoms in total. The van der Waals surface area contributed by atoms with Crippen LogP contribution in [0.25, 0.3) is 0 Å². The van der Waals surface area contributed by atoms with Crippen molar-refractivity contribution < 1.29 is 9.53 Å². The molecule has 1 fully saturated rings. The Balaban J connectivity index is 1.59.